The van der Waals surface area contributed by atoms with Gasteiger partial charge in [-0.25, -0.2) is 4.98 Å². The Labute approximate surface area is 99.7 Å². The van der Waals surface area contributed by atoms with Crippen molar-refractivity contribution in [3.63, 3.8) is 0 Å². The first-order valence-electron chi connectivity index (χ1n) is 5.56. The summed E-state index contributed by atoms with van der Waals surface area (Å²) < 4.78 is 0. The van der Waals surface area contributed by atoms with E-state index in [2.05, 4.69) is 10.3 Å². The lowest BCUT2D eigenvalue weighted by molar-refractivity contribution is 0.0782. The second kappa shape index (κ2) is 4.93. The maximum atomic E-state index is 12.1. The van der Waals surface area contributed by atoms with Gasteiger partial charge in [-0.15, -0.1) is 11.3 Å². The molecule has 1 N–H and O–H groups in total. The van der Waals surface area contributed by atoms with Crippen LogP contribution in [0.4, 0.5) is 0 Å². The summed E-state index contributed by atoms with van der Waals surface area (Å²) >= 11 is 1.53. The number of rotatable bonds is 3. The van der Waals surface area contributed by atoms with E-state index in [-0.39, 0.29) is 5.91 Å². The van der Waals surface area contributed by atoms with Crippen molar-refractivity contribution in [3.05, 3.63) is 16.1 Å². The summed E-state index contributed by atoms with van der Waals surface area (Å²) in [6, 6.07) is 0. The Kier molecular flexibility index (Phi) is 3.56. The fourth-order valence-corrected chi connectivity index (χ4v) is 2.68. The molecule has 0 aromatic carbocycles. The number of aromatic nitrogens is 1. The highest BCUT2D eigenvalue weighted by molar-refractivity contribution is 7.09. The molecule has 1 aliphatic rings. The number of thiazole rings is 1. The van der Waals surface area contributed by atoms with E-state index in [4.69, 9.17) is 0 Å². The van der Waals surface area contributed by atoms with Gasteiger partial charge in [0.05, 0.1) is 5.01 Å². The maximum Gasteiger partial charge on any atom is 0.273 e. The van der Waals surface area contributed by atoms with Crippen LogP contribution in [0.25, 0.3) is 0 Å². The first kappa shape index (κ1) is 11.5. The lowest BCUT2D eigenvalue weighted by atomic mass is 10.1. The van der Waals surface area contributed by atoms with Crippen molar-refractivity contribution in [3.8, 4) is 0 Å². The van der Waals surface area contributed by atoms with Crippen molar-refractivity contribution in [2.45, 2.75) is 13.3 Å². The van der Waals surface area contributed by atoms with E-state index in [9.17, 15) is 4.79 Å². The molecule has 4 nitrogen and oxygen atoms in total. The Balaban J connectivity index is 1.97. The van der Waals surface area contributed by atoms with Crippen molar-refractivity contribution in [1.29, 1.82) is 0 Å². The smallest absolute Gasteiger partial charge is 0.273 e. The monoisotopic (exact) mass is 239 g/mol. The summed E-state index contributed by atoms with van der Waals surface area (Å²) in [7, 11) is 1.95. The Morgan fingerprint density at radius 3 is 3.19 bits per heavy atom. The summed E-state index contributed by atoms with van der Waals surface area (Å²) in [4.78, 5) is 18.2. The predicted octanol–water partition coefficient (Wildman–Crippen LogP) is 1.13. The second-order valence-corrected chi connectivity index (χ2v) is 5.28. The van der Waals surface area contributed by atoms with E-state index in [0.29, 0.717) is 11.6 Å². The molecule has 5 heteroatoms. The Hall–Kier alpha value is -0.940. The Morgan fingerprint density at radius 2 is 2.56 bits per heavy atom. The summed E-state index contributed by atoms with van der Waals surface area (Å²) in [5, 5.41) is 5.96. The summed E-state index contributed by atoms with van der Waals surface area (Å²) in [6.45, 7) is 4.63. The van der Waals surface area contributed by atoms with Gasteiger partial charge in [-0.1, -0.05) is 0 Å². The van der Waals surface area contributed by atoms with Gasteiger partial charge in [-0.2, -0.15) is 0 Å². The Morgan fingerprint density at radius 1 is 1.75 bits per heavy atom. The summed E-state index contributed by atoms with van der Waals surface area (Å²) in [6.07, 6.45) is 1.09. The number of nitrogens with zero attached hydrogens (tertiary/aromatic N) is 2. The number of carbonyl (C=O) groups excluding carboxylic acids is 1. The number of amides is 1. The maximum absolute atomic E-state index is 12.1. The van der Waals surface area contributed by atoms with E-state index in [1.807, 2.05) is 24.3 Å². The zero-order valence-electron chi connectivity index (χ0n) is 9.69. The zero-order chi connectivity index (χ0) is 11.5. The molecular formula is C11H17N3OS. The van der Waals surface area contributed by atoms with Crippen molar-refractivity contribution in [1.82, 2.24) is 15.2 Å². The average Bonchev–Trinajstić information content (AvgIpc) is 2.87. The van der Waals surface area contributed by atoms with Crippen molar-refractivity contribution < 1.29 is 4.79 Å². The van der Waals surface area contributed by atoms with Crippen LogP contribution in [0.15, 0.2) is 5.38 Å². The molecule has 2 heterocycles. The molecule has 0 radical (unpaired) electrons. The zero-order valence-corrected chi connectivity index (χ0v) is 10.5. The molecule has 1 atom stereocenters. The van der Waals surface area contributed by atoms with Gasteiger partial charge in [0.15, 0.2) is 0 Å². The minimum absolute atomic E-state index is 0.0861. The molecule has 0 aliphatic carbocycles. The van der Waals surface area contributed by atoms with Gasteiger partial charge in [0, 0.05) is 18.5 Å². The van der Waals surface area contributed by atoms with Gasteiger partial charge < -0.3 is 10.2 Å². The highest BCUT2D eigenvalue weighted by Crippen LogP contribution is 2.18. The van der Waals surface area contributed by atoms with Crippen LogP contribution < -0.4 is 5.32 Å². The van der Waals surface area contributed by atoms with Gasteiger partial charge >= 0.3 is 0 Å². The molecule has 2 rings (SSSR count). The number of carbonyl (C=O) groups is 1. The predicted molar refractivity (Wildman–Crippen MR) is 64.8 cm³/mol. The molecule has 0 bridgehead atoms. The third-order valence-corrected chi connectivity index (χ3v) is 3.68. The van der Waals surface area contributed by atoms with Crippen LogP contribution in [0.1, 0.15) is 21.9 Å². The fraction of sp³-hybridized carbons (Fsp3) is 0.636. The molecule has 1 amide bonds. The number of aryl methyl sites for hydroxylation is 1. The Bertz CT molecular complexity index is 377. The van der Waals surface area contributed by atoms with Gasteiger partial charge in [0.25, 0.3) is 5.91 Å². The topological polar surface area (TPSA) is 45.2 Å². The fourth-order valence-electron chi connectivity index (χ4n) is 2.10. The highest BCUT2D eigenvalue weighted by atomic mass is 32.1. The SMILES string of the molecule is CNCC1CCN(C(=O)c2csc(C)n2)C1. The molecule has 0 saturated carbocycles. The number of likely N-dealkylation sites (tertiary alicyclic amines) is 1. The number of nitrogens with one attached hydrogen (secondary N) is 1. The van der Waals surface area contributed by atoms with E-state index in [1.165, 1.54) is 11.3 Å². The van der Waals surface area contributed by atoms with Crippen LogP contribution in [-0.4, -0.2) is 42.5 Å². The normalized spacial score (nSPS) is 20.4. The van der Waals surface area contributed by atoms with E-state index in [0.717, 1.165) is 31.1 Å². The van der Waals surface area contributed by atoms with Crippen molar-refractivity contribution in [2.24, 2.45) is 5.92 Å². The van der Waals surface area contributed by atoms with Crippen LogP contribution in [0.2, 0.25) is 0 Å². The first-order chi connectivity index (χ1) is 7.70. The third-order valence-electron chi connectivity index (χ3n) is 2.90. The lowest BCUT2D eigenvalue weighted by Gasteiger charge is -2.14. The number of hydrogen-bond acceptors (Lipinski definition) is 4. The van der Waals surface area contributed by atoms with Gasteiger partial charge in [0.2, 0.25) is 0 Å². The summed E-state index contributed by atoms with van der Waals surface area (Å²) in [5.41, 5.74) is 0.604. The van der Waals surface area contributed by atoms with Gasteiger partial charge in [0.1, 0.15) is 5.69 Å². The minimum Gasteiger partial charge on any atom is -0.337 e. The third kappa shape index (κ3) is 2.41. The molecule has 1 fully saturated rings. The average molecular weight is 239 g/mol. The quantitative estimate of drug-likeness (QED) is 0.860. The van der Waals surface area contributed by atoms with E-state index >= 15 is 0 Å². The largest absolute Gasteiger partial charge is 0.337 e. The van der Waals surface area contributed by atoms with E-state index in [1.54, 1.807) is 0 Å². The van der Waals surface area contributed by atoms with Crippen molar-refractivity contribution >= 4 is 17.2 Å². The molecule has 1 aliphatic heterocycles. The molecule has 0 spiro atoms. The van der Waals surface area contributed by atoms with Crippen LogP contribution >= 0.6 is 11.3 Å². The van der Waals surface area contributed by atoms with Gasteiger partial charge in [-0.3, -0.25) is 4.79 Å². The minimum atomic E-state index is 0.0861. The molecule has 1 saturated heterocycles. The number of hydrogen-bond donors (Lipinski definition) is 1. The molecule has 88 valence electrons. The molecule has 1 aromatic rings. The van der Waals surface area contributed by atoms with Gasteiger partial charge in [-0.05, 0) is 32.9 Å². The molecule has 1 unspecified atom stereocenters. The molecular weight excluding hydrogens is 222 g/mol. The molecule has 1 aromatic heterocycles. The van der Waals surface area contributed by atoms with Crippen LogP contribution in [0, 0.1) is 12.8 Å². The van der Waals surface area contributed by atoms with E-state index < -0.39 is 0 Å². The highest BCUT2D eigenvalue weighted by Gasteiger charge is 2.27. The first-order valence-corrected chi connectivity index (χ1v) is 6.44. The molecule has 16 heavy (non-hydrogen) atoms. The second-order valence-electron chi connectivity index (χ2n) is 4.22. The van der Waals surface area contributed by atoms with Crippen molar-refractivity contribution in [2.75, 3.05) is 26.7 Å². The lowest BCUT2D eigenvalue weighted by Crippen LogP contribution is -2.30. The van der Waals surface area contributed by atoms with Crippen LogP contribution in [-0.2, 0) is 0 Å². The van der Waals surface area contributed by atoms with Crippen LogP contribution in [0.3, 0.4) is 0 Å². The standard InChI is InChI=1S/C11H17N3OS/c1-8-13-10(7-16-8)11(15)14-4-3-9(6-14)5-12-2/h7,9,12H,3-6H2,1-2H3. The summed E-state index contributed by atoms with van der Waals surface area (Å²) in [5.74, 6) is 0.677. The van der Waals surface area contributed by atoms with Crippen LogP contribution in [0.5, 0.6) is 0 Å².